The topological polar surface area (TPSA) is 83.8 Å². The molecule has 1 rings (SSSR count). The lowest BCUT2D eigenvalue weighted by atomic mass is 9.86. The monoisotopic (exact) mass is 396 g/mol. The summed E-state index contributed by atoms with van der Waals surface area (Å²) in [7, 11) is 1.40. The van der Waals surface area contributed by atoms with Gasteiger partial charge in [0.05, 0.1) is 18.8 Å². The highest BCUT2D eigenvalue weighted by Gasteiger charge is 2.39. The minimum atomic E-state index is -0.685. The summed E-state index contributed by atoms with van der Waals surface area (Å²) in [6.45, 7) is 4.12. The van der Waals surface area contributed by atoms with E-state index in [2.05, 4.69) is 11.7 Å². The summed E-state index contributed by atoms with van der Waals surface area (Å²) < 4.78 is 4.63. The second-order valence-electron chi connectivity index (χ2n) is 8.26. The number of hydrogen-bond acceptors (Lipinski definition) is 5. The second-order valence-corrected chi connectivity index (χ2v) is 8.26. The minimum absolute atomic E-state index is 0.128. The summed E-state index contributed by atoms with van der Waals surface area (Å²) >= 11 is 0. The van der Waals surface area contributed by atoms with Gasteiger partial charge in [-0.05, 0) is 32.1 Å². The number of aliphatic hydroxyl groups excluding tert-OH is 1. The quantitative estimate of drug-likeness (QED) is 0.259. The van der Waals surface area contributed by atoms with Gasteiger partial charge in [0, 0.05) is 24.7 Å². The Morgan fingerprint density at radius 1 is 1.21 bits per heavy atom. The molecule has 5 nitrogen and oxygen atoms in total. The van der Waals surface area contributed by atoms with E-state index in [0.29, 0.717) is 19.3 Å². The van der Waals surface area contributed by atoms with Gasteiger partial charge in [-0.1, -0.05) is 58.1 Å². The van der Waals surface area contributed by atoms with E-state index >= 15 is 0 Å². The van der Waals surface area contributed by atoms with Crippen LogP contribution >= 0.6 is 0 Å². The molecule has 4 atom stereocenters. The Kier molecular flexibility index (Phi) is 11.6. The van der Waals surface area contributed by atoms with Gasteiger partial charge in [-0.2, -0.15) is 0 Å². The van der Waals surface area contributed by atoms with Crippen LogP contribution in [-0.4, -0.2) is 40.8 Å². The van der Waals surface area contributed by atoms with Crippen molar-refractivity contribution in [3.05, 3.63) is 12.2 Å². The molecule has 0 bridgehead atoms. The number of carbonyl (C=O) groups excluding carboxylic acids is 2. The minimum Gasteiger partial charge on any atom is -0.469 e. The predicted octanol–water partition coefficient (Wildman–Crippen LogP) is 4.34. The van der Waals surface area contributed by atoms with Gasteiger partial charge in [0.15, 0.2) is 0 Å². The number of methoxy groups -OCH3 is 1. The normalized spacial score (nSPS) is 24.6. The Balaban J connectivity index is 2.47. The summed E-state index contributed by atoms with van der Waals surface area (Å²) in [5.74, 6) is -0.300. The lowest BCUT2D eigenvalue weighted by Crippen LogP contribution is -2.27. The molecule has 0 aliphatic heterocycles. The molecule has 5 heteroatoms. The maximum atomic E-state index is 12.3. The van der Waals surface area contributed by atoms with Gasteiger partial charge in [-0.25, -0.2) is 0 Å². The number of aliphatic hydroxyl groups is 2. The molecule has 1 aliphatic rings. The fourth-order valence-electron chi connectivity index (χ4n) is 4.05. The highest BCUT2D eigenvalue weighted by atomic mass is 16.5. The van der Waals surface area contributed by atoms with Gasteiger partial charge < -0.3 is 14.9 Å². The second kappa shape index (κ2) is 13.1. The standard InChI is InChI=1S/C23H40O5/c1-4-6-15-23(27,5-2)16-11-13-19-18(20(24)17-21(19)25)12-9-7-8-10-14-22(26)28-3/h11,13,18-19,21,25,27H,4-10,12,14-17H2,1-3H3/t18-,19-,21+,23-/m0/s1. The van der Waals surface area contributed by atoms with Crippen molar-refractivity contribution in [1.29, 1.82) is 0 Å². The summed E-state index contributed by atoms with van der Waals surface area (Å²) in [4.78, 5) is 23.4. The smallest absolute Gasteiger partial charge is 0.305 e. The van der Waals surface area contributed by atoms with Gasteiger partial charge in [0.1, 0.15) is 5.78 Å². The molecular formula is C23H40O5. The first kappa shape index (κ1) is 24.8. The van der Waals surface area contributed by atoms with Gasteiger partial charge in [-0.15, -0.1) is 0 Å². The lowest BCUT2D eigenvalue weighted by molar-refractivity contribution is -0.140. The zero-order valence-corrected chi connectivity index (χ0v) is 18.0. The molecule has 0 aromatic carbocycles. The molecule has 0 radical (unpaired) electrons. The third kappa shape index (κ3) is 8.44. The average molecular weight is 397 g/mol. The van der Waals surface area contributed by atoms with Crippen molar-refractivity contribution in [2.45, 2.75) is 103 Å². The third-order valence-electron chi connectivity index (χ3n) is 6.12. The van der Waals surface area contributed by atoms with Crippen molar-refractivity contribution in [2.75, 3.05) is 7.11 Å². The molecule has 162 valence electrons. The fraction of sp³-hybridized carbons (Fsp3) is 0.826. The number of ether oxygens (including phenoxy) is 1. The maximum Gasteiger partial charge on any atom is 0.305 e. The Morgan fingerprint density at radius 2 is 1.93 bits per heavy atom. The third-order valence-corrected chi connectivity index (χ3v) is 6.12. The van der Waals surface area contributed by atoms with Crippen LogP contribution in [0.15, 0.2) is 12.2 Å². The van der Waals surface area contributed by atoms with Gasteiger partial charge in [0.2, 0.25) is 0 Å². The summed E-state index contributed by atoms with van der Waals surface area (Å²) in [6.07, 6.45) is 12.5. The van der Waals surface area contributed by atoms with Gasteiger partial charge in [-0.3, -0.25) is 9.59 Å². The van der Waals surface area contributed by atoms with Crippen LogP contribution in [0, 0.1) is 11.8 Å². The summed E-state index contributed by atoms with van der Waals surface area (Å²) in [5.41, 5.74) is -0.685. The van der Waals surface area contributed by atoms with Crippen molar-refractivity contribution in [2.24, 2.45) is 11.8 Å². The number of esters is 1. The van der Waals surface area contributed by atoms with Crippen molar-refractivity contribution in [3.8, 4) is 0 Å². The first-order valence-electron chi connectivity index (χ1n) is 11.0. The van der Waals surface area contributed by atoms with Crippen molar-refractivity contribution in [3.63, 3.8) is 0 Å². The maximum absolute atomic E-state index is 12.3. The van der Waals surface area contributed by atoms with Crippen LogP contribution in [0.1, 0.15) is 90.9 Å². The number of ketones is 1. The van der Waals surface area contributed by atoms with E-state index in [-0.39, 0.29) is 30.0 Å². The van der Waals surface area contributed by atoms with Crippen molar-refractivity contribution < 1.29 is 24.5 Å². The molecule has 0 aromatic rings. The Bertz CT molecular complexity index is 501. The molecule has 1 aliphatic carbocycles. The highest BCUT2D eigenvalue weighted by Crippen LogP contribution is 2.35. The number of Topliss-reactive ketones (excluding diaryl/α,β-unsaturated/α-hetero) is 1. The SMILES string of the molecule is CCCC[C@@](O)(CC)CC=C[C@@H]1[C@H](O)CC(=O)[C@H]1CCCCCCC(=O)OC. The van der Waals surface area contributed by atoms with Crippen LogP contribution in [0.3, 0.4) is 0 Å². The first-order valence-corrected chi connectivity index (χ1v) is 11.0. The highest BCUT2D eigenvalue weighted by molar-refractivity contribution is 5.84. The van der Waals surface area contributed by atoms with Crippen LogP contribution in [0.2, 0.25) is 0 Å². The van der Waals surface area contributed by atoms with E-state index in [9.17, 15) is 19.8 Å². The lowest BCUT2D eigenvalue weighted by Gasteiger charge is -2.25. The summed E-state index contributed by atoms with van der Waals surface area (Å²) in [6, 6.07) is 0. The first-order chi connectivity index (χ1) is 13.4. The predicted molar refractivity (Wildman–Crippen MR) is 111 cm³/mol. The molecule has 0 aromatic heterocycles. The van der Waals surface area contributed by atoms with Gasteiger partial charge in [0.25, 0.3) is 0 Å². The molecule has 0 heterocycles. The number of rotatable bonds is 14. The Morgan fingerprint density at radius 3 is 2.57 bits per heavy atom. The van der Waals surface area contributed by atoms with Crippen LogP contribution in [0.5, 0.6) is 0 Å². The Hall–Kier alpha value is -1.20. The zero-order valence-electron chi connectivity index (χ0n) is 18.0. The molecule has 0 amide bonds. The number of carbonyl (C=O) groups is 2. The van der Waals surface area contributed by atoms with Crippen LogP contribution in [0.25, 0.3) is 0 Å². The van der Waals surface area contributed by atoms with E-state index in [0.717, 1.165) is 51.4 Å². The molecule has 28 heavy (non-hydrogen) atoms. The molecule has 1 saturated carbocycles. The van der Waals surface area contributed by atoms with E-state index in [1.165, 1.54) is 7.11 Å². The van der Waals surface area contributed by atoms with Crippen molar-refractivity contribution in [1.82, 2.24) is 0 Å². The van der Waals surface area contributed by atoms with Crippen LogP contribution < -0.4 is 0 Å². The van der Waals surface area contributed by atoms with E-state index < -0.39 is 11.7 Å². The van der Waals surface area contributed by atoms with Crippen molar-refractivity contribution >= 4 is 11.8 Å². The number of hydrogen-bond donors (Lipinski definition) is 2. The average Bonchev–Trinajstić information content (AvgIpc) is 2.95. The van der Waals surface area contributed by atoms with E-state index in [1.54, 1.807) is 0 Å². The van der Waals surface area contributed by atoms with Crippen LogP contribution in [-0.2, 0) is 14.3 Å². The van der Waals surface area contributed by atoms with E-state index in [4.69, 9.17) is 0 Å². The largest absolute Gasteiger partial charge is 0.469 e. The number of unbranched alkanes of at least 4 members (excludes halogenated alkanes) is 4. The molecule has 0 unspecified atom stereocenters. The molecule has 0 saturated heterocycles. The summed E-state index contributed by atoms with van der Waals surface area (Å²) in [5, 5.41) is 21.0. The fourth-order valence-corrected chi connectivity index (χ4v) is 4.05. The van der Waals surface area contributed by atoms with Crippen LogP contribution in [0.4, 0.5) is 0 Å². The Labute approximate surface area is 170 Å². The molecule has 0 spiro atoms. The molecular weight excluding hydrogens is 356 g/mol. The van der Waals surface area contributed by atoms with Gasteiger partial charge >= 0.3 is 5.97 Å². The molecule has 1 fully saturated rings. The molecule has 2 N–H and O–H groups in total. The zero-order chi connectivity index (χ0) is 21.0. The van der Waals surface area contributed by atoms with E-state index in [1.807, 2.05) is 19.1 Å².